The van der Waals surface area contributed by atoms with Gasteiger partial charge < -0.3 is 44.4 Å². The van der Waals surface area contributed by atoms with E-state index in [4.69, 9.17) is 46.0 Å². The number of carbonyl (C=O) groups excluding carboxylic acids is 1. The number of ketones is 1. The Labute approximate surface area is 785 Å². The number of nitrogen functional groups attached to an aromatic ring is 6. The standard InChI is InChI=1S/C9H8ClNS.5C9H10N2S.C9H9NOS.C8H8N2S.C8H7NOS.C7H8OS.10CH4/c6*1-5-3-11-9(10)7-6(2)4-12-8(5)7;1-5-3-10-9(11)7-6(2)4-12-8(5)7;1-5-4-11-6-2-3-10-8(9)7(5)6;1-5-4-11-6-2-3-9-8(10)7(5)6;1-5-3-7(6(2)8)9-4-5;;;;;;;;;;/h3-4H,1-2H3;5*3-4H,1-2H3,(H2,10,11);3-4H,1-2H3,(H,10,11);2-4H,1H3,(H2,9,10);2-4H,1H3,(H,9,10);3-4H,1-2H3;10*1H4. The number of halogens is 1. The Balaban J connectivity index is 0.00000136. The Bertz CT molecular complexity index is 6170. The normalized spacial score (nSPS) is 9.85. The van der Waals surface area contributed by atoms with E-state index in [2.05, 4.69) is 173 Å². The molecule has 0 unspecified atom stereocenters. The summed E-state index contributed by atoms with van der Waals surface area (Å²) in [6.45, 7) is 36.3. The number of Topliss-reactive ketones (excluding diaryl/α,β-unsaturated/α-hetero) is 1. The smallest absolute Gasteiger partial charge is 0.256 e. The first-order valence-corrected chi connectivity index (χ1v) is 45.0. The molecule has 0 bridgehead atoms. The lowest BCUT2D eigenvalue weighted by molar-refractivity contribution is 0.102. The first-order valence-electron chi connectivity index (χ1n) is 35.9. The molecule has 0 aliphatic rings. The number of anilines is 6. The van der Waals surface area contributed by atoms with E-state index in [9.17, 15) is 14.4 Å². The summed E-state index contributed by atoms with van der Waals surface area (Å²) in [7, 11) is 0. The van der Waals surface area contributed by atoms with E-state index in [0.717, 1.165) is 79.4 Å². The second kappa shape index (κ2) is 51.0. The number of nitrogens with two attached hydrogens (primary N) is 6. The summed E-state index contributed by atoms with van der Waals surface area (Å²) in [4.78, 5) is 68.2. The van der Waals surface area contributed by atoms with Crippen LogP contribution in [0.5, 0.6) is 0 Å². The predicted octanol–water partition coefficient (Wildman–Crippen LogP) is 31.0. The monoisotopic (exact) mass is 1900 g/mol. The number of hydrogen-bond donors (Lipinski definition) is 8. The van der Waals surface area contributed by atoms with Crippen molar-refractivity contribution in [3.05, 3.63) is 253 Å². The molecular formula is C96H130ClN15O3S10. The number of nitrogens with one attached hydrogen (secondary N) is 2. The van der Waals surface area contributed by atoms with Gasteiger partial charge in [-0.05, 0) is 291 Å². The topological polar surface area (TPSA) is 329 Å². The van der Waals surface area contributed by atoms with Crippen molar-refractivity contribution in [3.8, 4) is 0 Å². The summed E-state index contributed by atoms with van der Waals surface area (Å²) < 4.78 is 11.0. The quantitative estimate of drug-likeness (QED) is 0.0559. The van der Waals surface area contributed by atoms with Crippen LogP contribution in [0.15, 0.2) is 137 Å². The Morgan fingerprint density at radius 1 is 0.296 bits per heavy atom. The van der Waals surface area contributed by atoms with Gasteiger partial charge in [-0.1, -0.05) is 85.9 Å². The van der Waals surface area contributed by atoms with Crippen molar-refractivity contribution in [1.29, 1.82) is 0 Å². The van der Waals surface area contributed by atoms with Gasteiger partial charge in [-0.2, -0.15) is 0 Å². The molecule has 0 spiro atoms. The number of thiophene rings is 10. The highest BCUT2D eigenvalue weighted by Crippen LogP contribution is 2.38. The third-order valence-corrected chi connectivity index (χ3v) is 30.5. The fourth-order valence-corrected chi connectivity index (χ4v) is 22.5. The fourth-order valence-electron chi connectivity index (χ4n) is 12.2. The summed E-state index contributed by atoms with van der Waals surface area (Å²) in [6.07, 6.45) is 16.1. The number of aromatic nitrogens is 9. The highest BCUT2D eigenvalue weighted by atomic mass is 35.5. The van der Waals surface area contributed by atoms with Crippen LogP contribution in [0, 0.1) is 118 Å². The molecule has 19 aromatic heterocycles. The third kappa shape index (κ3) is 26.8. The zero-order valence-corrected chi connectivity index (χ0v) is 75.9. The van der Waals surface area contributed by atoms with E-state index >= 15 is 0 Å². The molecule has 0 amide bonds. The Hall–Kier alpha value is -9.95. The molecule has 0 aliphatic heterocycles. The lowest BCUT2D eigenvalue weighted by atomic mass is 10.2. The average molecular weight is 1900 g/mol. The lowest BCUT2D eigenvalue weighted by Crippen LogP contribution is -2.05. The first-order chi connectivity index (χ1) is 54.7. The van der Waals surface area contributed by atoms with Crippen molar-refractivity contribution in [3.63, 3.8) is 0 Å². The third-order valence-electron chi connectivity index (χ3n) is 18.3. The summed E-state index contributed by atoms with van der Waals surface area (Å²) in [5, 5.41) is 31.0. The molecule has 0 fully saturated rings. The largest absolute Gasteiger partial charge is 0.383 e. The van der Waals surface area contributed by atoms with Crippen LogP contribution < -0.4 is 45.5 Å². The molecule has 0 saturated heterocycles. The molecule has 18 nitrogen and oxygen atoms in total. The summed E-state index contributed by atoms with van der Waals surface area (Å²) in [5.74, 6) is 4.04. The summed E-state index contributed by atoms with van der Waals surface area (Å²) >= 11 is 22.8. The molecule has 29 heteroatoms. The molecule has 19 aromatic rings. The van der Waals surface area contributed by atoms with Gasteiger partial charge in [-0.15, -0.1) is 113 Å². The van der Waals surface area contributed by atoms with Gasteiger partial charge in [-0.3, -0.25) is 14.4 Å². The van der Waals surface area contributed by atoms with Crippen molar-refractivity contribution in [2.45, 2.75) is 199 Å². The lowest BCUT2D eigenvalue weighted by Gasteiger charge is -1.98. The van der Waals surface area contributed by atoms with E-state index in [1.54, 1.807) is 128 Å². The van der Waals surface area contributed by atoms with Crippen LogP contribution in [0.2, 0.25) is 5.15 Å². The van der Waals surface area contributed by atoms with Crippen LogP contribution in [0.1, 0.15) is 185 Å². The van der Waals surface area contributed by atoms with E-state index in [0.29, 0.717) is 40.1 Å². The molecule has 14 N–H and O–H groups in total. The van der Waals surface area contributed by atoms with Gasteiger partial charge in [0.25, 0.3) is 11.1 Å². The molecule has 0 atom stereocenters. The minimum absolute atomic E-state index is 0. The maximum atomic E-state index is 11.4. The summed E-state index contributed by atoms with van der Waals surface area (Å²) in [6, 6.07) is 5.82. The van der Waals surface area contributed by atoms with Gasteiger partial charge >= 0.3 is 0 Å². The Morgan fingerprint density at radius 3 is 0.840 bits per heavy atom. The zero-order valence-electron chi connectivity index (χ0n) is 67.0. The molecular weight excluding hydrogens is 1770 g/mol. The molecule has 0 saturated carbocycles. The highest BCUT2D eigenvalue weighted by Gasteiger charge is 2.14. The number of nitrogens with zero attached hydrogens (tertiary/aromatic N) is 7. The SMILES string of the molecule is C.C.C.C.C.C.C.C.C.C.CC(=O)c1cc(C)cs1.Cc1c[nH]c(=O)c2c(C)csc12.Cc1cnc(Cl)c2c(C)csc12.Cc1cnc(N)c2c(C)csc12.Cc1cnc(N)c2c(C)csc12.Cc1cnc(N)c2c(C)csc12.Cc1cnc(N)c2c(C)csc12.Cc1cnc(N)c2c(C)csc12.Cc1csc2cc[nH]c(=O)c12.Cc1csc2ccnc(N)c12. The van der Waals surface area contributed by atoms with Crippen LogP contribution in [0.3, 0.4) is 0 Å². The molecule has 0 radical (unpaired) electrons. The molecule has 19 heterocycles. The van der Waals surface area contributed by atoms with Crippen LogP contribution in [0.25, 0.3) is 90.8 Å². The van der Waals surface area contributed by atoms with E-state index < -0.39 is 0 Å². The molecule has 125 heavy (non-hydrogen) atoms. The first kappa shape index (κ1) is 115. The van der Waals surface area contributed by atoms with Crippen molar-refractivity contribution in [2.75, 3.05) is 34.4 Å². The van der Waals surface area contributed by atoms with E-state index in [-0.39, 0.29) is 91.2 Å². The Morgan fingerprint density at radius 2 is 0.560 bits per heavy atom. The molecule has 0 aliphatic carbocycles. The average Bonchev–Trinajstić information content (AvgIpc) is 1.71. The minimum atomic E-state index is 0. The van der Waals surface area contributed by atoms with E-state index in [1.807, 2.05) is 99.2 Å². The van der Waals surface area contributed by atoms with Crippen molar-refractivity contribution < 1.29 is 4.79 Å². The van der Waals surface area contributed by atoms with Gasteiger partial charge in [0, 0.05) is 136 Å². The molecule has 19 rings (SSSR count). The van der Waals surface area contributed by atoms with Gasteiger partial charge in [-0.25, -0.2) is 34.9 Å². The number of aryl methyl sites for hydroxylation is 17. The van der Waals surface area contributed by atoms with Crippen molar-refractivity contribution in [1.82, 2.24) is 44.9 Å². The number of carbonyl (C=O) groups is 1. The van der Waals surface area contributed by atoms with Crippen LogP contribution >= 0.6 is 125 Å². The van der Waals surface area contributed by atoms with Gasteiger partial charge in [0.2, 0.25) is 0 Å². The Kier molecular flexibility index (Phi) is 46.9. The van der Waals surface area contributed by atoms with Crippen LogP contribution in [-0.2, 0) is 0 Å². The van der Waals surface area contributed by atoms with Gasteiger partial charge in [0.15, 0.2) is 5.78 Å². The highest BCUT2D eigenvalue weighted by molar-refractivity contribution is 7.20. The van der Waals surface area contributed by atoms with Gasteiger partial charge in [0.05, 0.1) is 15.6 Å². The van der Waals surface area contributed by atoms with Crippen molar-refractivity contribution >= 4 is 256 Å². The number of aromatic amines is 2. The maximum absolute atomic E-state index is 11.4. The summed E-state index contributed by atoms with van der Waals surface area (Å²) in [5.41, 5.74) is 54.8. The second-order valence-corrected chi connectivity index (χ2v) is 36.8. The fraction of sp³-hybridized carbons (Fsp3) is 0.292. The van der Waals surface area contributed by atoms with E-state index in [1.165, 1.54) is 122 Å². The number of pyridine rings is 9. The predicted molar refractivity (Wildman–Crippen MR) is 576 cm³/mol. The number of hydrogen-bond acceptors (Lipinski definition) is 26. The second-order valence-electron chi connectivity index (χ2n) is 27.5. The minimum Gasteiger partial charge on any atom is -0.383 e. The van der Waals surface area contributed by atoms with Crippen LogP contribution in [-0.4, -0.2) is 50.6 Å². The maximum Gasteiger partial charge on any atom is 0.256 e. The van der Waals surface area contributed by atoms with Gasteiger partial charge in [0.1, 0.15) is 40.1 Å². The number of rotatable bonds is 1. The van der Waals surface area contributed by atoms with Crippen molar-refractivity contribution in [2.24, 2.45) is 0 Å². The molecule has 674 valence electrons. The number of fused-ring (bicyclic) bond motifs is 9. The van der Waals surface area contributed by atoms with Crippen LogP contribution in [0.4, 0.5) is 34.9 Å². The zero-order chi connectivity index (χ0) is 83.5. The number of H-pyrrole nitrogens is 2. The molecule has 0 aromatic carbocycles.